The van der Waals surface area contributed by atoms with Gasteiger partial charge in [-0.05, 0) is 31.6 Å². The molecule has 0 aromatic heterocycles. The molecule has 0 aliphatic heterocycles. The van der Waals surface area contributed by atoms with Crippen molar-refractivity contribution in [3.63, 3.8) is 0 Å². The lowest BCUT2D eigenvalue weighted by atomic mass is 9.84. The topological polar surface area (TPSA) is 49.3 Å². The minimum absolute atomic E-state index is 0.145. The smallest absolute Gasteiger partial charge is 0.404 e. The van der Waals surface area contributed by atoms with Crippen molar-refractivity contribution in [3.05, 3.63) is 0 Å². The fraction of sp³-hybridized carbons (Fsp3) is 0.700. The molecule has 13 heavy (non-hydrogen) atoms. The number of hydrogen-bond acceptors (Lipinski definition) is 1. The van der Waals surface area contributed by atoms with Gasteiger partial charge in [-0.1, -0.05) is 0 Å². The summed E-state index contributed by atoms with van der Waals surface area (Å²) in [5.74, 6) is 3.26. The molecule has 0 atom stereocenters. The van der Waals surface area contributed by atoms with Crippen LogP contribution in [0.3, 0.4) is 0 Å². The molecule has 1 rings (SSSR count). The van der Waals surface area contributed by atoms with Crippen molar-refractivity contribution in [2.24, 2.45) is 5.92 Å². The van der Waals surface area contributed by atoms with E-state index in [1.54, 1.807) is 0 Å². The summed E-state index contributed by atoms with van der Waals surface area (Å²) in [6.45, 7) is 0. The molecule has 1 saturated carbocycles. The summed E-state index contributed by atoms with van der Waals surface area (Å²) in [5.41, 5.74) is 0. The van der Waals surface area contributed by atoms with Gasteiger partial charge in [0.05, 0.1) is 0 Å². The molecule has 0 unspecified atom stereocenters. The van der Waals surface area contributed by atoms with Crippen molar-refractivity contribution in [2.75, 3.05) is 0 Å². The molecule has 1 aliphatic carbocycles. The third-order valence-corrected chi connectivity index (χ3v) is 2.58. The maximum absolute atomic E-state index is 10.3. The maximum atomic E-state index is 10.3. The van der Waals surface area contributed by atoms with Gasteiger partial charge >= 0.3 is 6.09 Å². The van der Waals surface area contributed by atoms with Crippen LogP contribution in [-0.2, 0) is 0 Å². The standard InChI is InChI=1S/C10H15NO2/c1-2-3-8-4-6-9(7-5-8)11-10(12)13/h1,8-9,11H,3-7H2,(H,12,13)/t8-,9-. The van der Waals surface area contributed by atoms with Crippen molar-refractivity contribution in [2.45, 2.75) is 38.1 Å². The lowest BCUT2D eigenvalue weighted by Crippen LogP contribution is -2.36. The van der Waals surface area contributed by atoms with Gasteiger partial charge in [-0.25, -0.2) is 4.79 Å². The van der Waals surface area contributed by atoms with Crippen LogP contribution in [0.2, 0.25) is 0 Å². The molecule has 0 spiro atoms. The first kappa shape index (κ1) is 9.91. The molecule has 2 N–H and O–H groups in total. The van der Waals surface area contributed by atoms with Gasteiger partial charge < -0.3 is 10.4 Å². The molecule has 3 nitrogen and oxygen atoms in total. The summed E-state index contributed by atoms with van der Waals surface area (Å²) in [6.07, 6.45) is 9.09. The molecular formula is C10H15NO2. The van der Waals surface area contributed by atoms with Gasteiger partial charge in [-0.2, -0.15) is 0 Å². The molecular weight excluding hydrogens is 166 g/mol. The quantitative estimate of drug-likeness (QED) is 0.638. The highest BCUT2D eigenvalue weighted by Crippen LogP contribution is 2.26. The van der Waals surface area contributed by atoms with Crippen molar-refractivity contribution in [1.29, 1.82) is 0 Å². The van der Waals surface area contributed by atoms with Gasteiger partial charge in [0.1, 0.15) is 0 Å². The van der Waals surface area contributed by atoms with E-state index in [2.05, 4.69) is 11.2 Å². The van der Waals surface area contributed by atoms with Crippen LogP contribution in [0.5, 0.6) is 0 Å². The molecule has 0 heterocycles. The van der Waals surface area contributed by atoms with E-state index in [1.807, 2.05) is 0 Å². The Morgan fingerprint density at radius 2 is 2.08 bits per heavy atom. The second-order valence-electron chi connectivity index (χ2n) is 3.58. The van der Waals surface area contributed by atoms with E-state index in [-0.39, 0.29) is 6.04 Å². The van der Waals surface area contributed by atoms with Crippen LogP contribution in [0.15, 0.2) is 0 Å². The van der Waals surface area contributed by atoms with Crippen molar-refractivity contribution in [3.8, 4) is 12.3 Å². The number of rotatable bonds is 2. The van der Waals surface area contributed by atoms with Gasteiger partial charge in [0.25, 0.3) is 0 Å². The molecule has 0 aromatic carbocycles. The second kappa shape index (κ2) is 4.76. The summed E-state index contributed by atoms with van der Waals surface area (Å²) in [5, 5.41) is 11.0. The fourth-order valence-corrected chi connectivity index (χ4v) is 1.85. The number of nitrogens with one attached hydrogen (secondary N) is 1. The molecule has 1 fully saturated rings. The van der Waals surface area contributed by atoms with Gasteiger partial charge in [0, 0.05) is 12.5 Å². The Bertz CT molecular complexity index is 211. The Kier molecular flexibility index (Phi) is 3.63. The highest BCUT2D eigenvalue weighted by atomic mass is 16.4. The number of hydrogen-bond donors (Lipinski definition) is 2. The highest BCUT2D eigenvalue weighted by molar-refractivity contribution is 5.64. The first-order valence-electron chi connectivity index (χ1n) is 4.65. The van der Waals surface area contributed by atoms with Crippen LogP contribution in [0.1, 0.15) is 32.1 Å². The first-order valence-corrected chi connectivity index (χ1v) is 4.65. The Morgan fingerprint density at radius 3 is 2.54 bits per heavy atom. The van der Waals surface area contributed by atoms with Crippen molar-refractivity contribution in [1.82, 2.24) is 5.32 Å². The van der Waals surface area contributed by atoms with E-state index in [1.165, 1.54) is 0 Å². The third kappa shape index (κ3) is 3.37. The predicted molar refractivity (Wildman–Crippen MR) is 50.4 cm³/mol. The maximum Gasteiger partial charge on any atom is 0.404 e. The average molecular weight is 181 g/mol. The Morgan fingerprint density at radius 1 is 1.46 bits per heavy atom. The monoisotopic (exact) mass is 181 g/mol. The lowest BCUT2D eigenvalue weighted by molar-refractivity contribution is 0.182. The van der Waals surface area contributed by atoms with Gasteiger partial charge in [-0.3, -0.25) is 0 Å². The first-order chi connectivity index (χ1) is 6.22. The van der Waals surface area contributed by atoms with Crippen LogP contribution in [0.4, 0.5) is 4.79 Å². The zero-order valence-corrected chi connectivity index (χ0v) is 7.62. The van der Waals surface area contributed by atoms with Crippen molar-refractivity contribution >= 4 is 6.09 Å². The van der Waals surface area contributed by atoms with E-state index < -0.39 is 6.09 Å². The number of carboxylic acid groups (broad SMARTS) is 1. The minimum atomic E-state index is -0.916. The summed E-state index contributed by atoms with van der Waals surface area (Å²) >= 11 is 0. The average Bonchev–Trinajstić information content (AvgIpc) is 2.08. The Labute approximate surface area is 78.5 Å². The lowest BCUT2D eigenvalue weighted by Gasteiger charge is -2.27. The van der Waals surface area contributed by atoms with Crippen LogP contribution in [0, 0.1) is 18.3 Å². The van der Waals surface area contributed by atoms with E-state index in [4.69, 9.17) is 11.5 Å². The molecule has 1 amide bonds. The third-order valence-electron chi connectivity index (χ3n) is 2.58. The van der Waals surface area contributed by atoms with Gasteiger partial charge in [0.15, 0.2) is 0 Å². The van der Waals surface area contributed by atoms with E-state index in [9.17, 15) is 4.79 Å². The number of carbonyl (C=O) groups is 1. The van der Waals surface area contributed by atoms with Crippen LogP contribution in [-0.4, -0.2) is 17.2 Å². The van der Waals surface area contributed by atoms with Crippen LogP contribution in [0.25, 0.3) is 0 Å². The minimum Gasteiger partial charge on any atom is -0.465 e. The summed E-state index contributed by atoms with van der Waals surface area (Å²) in [6, 6.07) is 0.145. The molecule has 0 saturated heterocycles. The van der Waals surface area contributed by atoms with E-state index in [0.29, 0.717) is 5.92 Å². The summed E-state index contributed by atoms with van der Waals surface area (Å²) < 4.78 is 0. The Hall–Kier alpha value is -1.17. The van der Waals surface area contributed by atoms with Crippen molar-refractivity contribution < 1.29 is 9.90 Å². The zero-order chi connectivity index (χ0) is 9.68. The van der Waals surface area contributed by atoms with Crippen LogP contribution >= 0.6 is 0 Å². The number of terminal acetylenes is 1. The van der Waals surface area contributed by atoms with Crippen LogP contribution < -0.4 is 5.32 Å². The number of amides is 1. The van der Waals surface area contributed by atoms with E-state index >= 15 is 0 Å². The largest absolute Gasteiger partial charge is 0.465 e. The SMILES string of the molecule is C#CC[C@H]1CC[C@H](NC(=O)O)CC1. The highest BCUT2D eigenvalue weighted by Gasteiger charge is 2.21. The molecule has 0 radical (unpaired) electrons. The molecule has 1 aliphatic rings. The zero-order valence-electron chi connectivity index (χ0n) is 7.62. The van der Waals surface area contributed by atoms with E-state index in [0.717, 1.165) is 32.1 Å². The predicted octanol–water partition coefficient (Wildman–Crippen LogP) is 1.84. The molecule has 0 aromatic rings. The van der Waals surface area contributed by atoms with Gasteiger partial charge in [-0.15, -0.1) is 12.3 Å². The fourth-order valence-electron chi connectivity index (χ4n) is 1.85. The molecule has 0 bridgehead atoms. The van der Waals surface area contributed by atoms with Gasteiger partial charge in [0.2, 0.25) is 0 Å². The second-order valence-corrected chi connectivity index (χ2v) is 3.58. The Balaban J connectivity index is 2.23. The summed E-state index contributed by atoms with van der Waals surface area (Å²) in [7, 11) is 0. The normalized spacial score (nSPS) is 27.6. The summed E-state index contributed by atoms with van der Waals surface area (Å²) in [4.78, 5) is 10.3. The molecule has 72 valence electrons. The molecule has 3 heteroatoms.